The summed E-state index contributed by atoms with van der Waals surface area (Å²) in [6.07, 6.45) is 1.30. The molecule has 1 heterocycles. The summed E-state index contributed by atoms with van der Waals surface area (Å²) in [5.74, 6) is 0.0916. The normalized spacial score (nSPS) is 11.2. The molecular weight excluding hydrogens is 413 g/mol. The molecule has 7 nitrogen and oxygen atoms in total. The fraction of sp³-hybridized carbons (Fsp3) is 0.222. The number of hydrogen-bond acceptors (Lipinski definition) is 6. The minimum absolute atomic E-state index is 0.0246. The molecule has 0 atom stereocenters. The van der Waals surface area contributed by atoms with Gasteiger partial charge in [0.2, 0.25) is 5.69 Å². The number of fused-ring (bicyclic) bond motifs is 1. The number of nitrogens with two attached hydrogens (primary N) is 1. The van der Waals surface area contributed by atoms with Gasteiger partial charge in [-0.15, -0.1) is 0 Å². The Labute approximate surface area is 168 Å². The van der Waals surface area contributed by atoms with Crippen molar-refractivity contribution in [3.63, 3.8) is 0 Å². The second kappa shape index (κ2) is 9.70. The first-order chi connectivity index (χ1) is 14.0. The number of anilines is 2. The standard InChI is InChI=1S/C18H16ClF3N4O3/c1-27-26-14-7-10-13(8-15(14)28-5-6-29-18(21)22)23-9-24-17(10)25-12-4-2-3-11(19)16(12)20/h2-4,7-9,18,26H,5-6H2,1H3,(H,23,24,25)/p+1. The molecule has 0 spiro atoms. The number of hydrogen-bond donors (Lipinski definition) is 2. The molecule has 2 aromatic carbocycles. The molecule has 0 fully saturated rings. The van der Waals surface area contributed by atoms with Crippen molar-refractivity contribution >= 4 is 39.7 Å². The molecule has 0 amide bonds. The lowest BCUT2D eigenvalue weighted by Crippen LogP contribution is -2.76. The summed E-state index contributed by atoms with van der Waals surface area (Å²) < 4.78 is 48.1. The van der Waals surface area contributed by atoms with Crippen molar-refractivity contribution in [1.29, 1.82) is 0 Å². The van der Waals surface area contributed by atoms with Crippen LogP contribution in [-0.4, -0.2) is 36.9 Å². The van der Waals surface area contributed by atoms with Crippen LogP contribution < -0.4 is 15.5 Å². The van der Waals surface area contributed by atoms with Gasteiger partial charge >= 0.3 is 6.61 Å². The van der Waals surface area contributed by atoms with Crippen LogP contribution in [0.1, 0.15) is 0 Å². The van der Waals surface area contributed by atoms with Gasteiger partial charge in [0.05, 0.1) is 29.9 Å². The second-order valence-corrected chi connectivity index (χ2v) is 6.10. The molecule has 0 bridgehead atoms. The molecule has 0 saturated heterocycles. The molecule has 29 heavy (non-hydrogen) atoms. The fourth-order valence-corrected chi connectivity index (χ4v) is 2.74. The summed E-state index contributed by atoms with van der Waals surface area (Å²) in [4.78, 5) is 13.4. The first-order valence-corrected chi connectivity index (χ1v) is 8.75. The van der Waals surface area contributed by atoms with E-state index in [2.05, 4.69) is 20.0 Å². The van der Waals surface area contributed by atoms with Crippen LogP contribution in [0.2, 0.25) is 5.02 Å². The number of quaternary nitrogens is 1. The van der Waals surface area contributed by atoms with Crippen LogP contribution in [0.15, 0.2) is 36.7 Å². The van der Waals surface area contributed by atoms with E-state index in [1.54, 1.807) is 18.2 Å². The monoisotopic (exact) mass is 429 g/mol. The summed E-state index contributed by atoms with van der Waals surface area (Å²) in [7, 11) is 1.45. The summed E-state index contributed by atoms with van der Waals surface area (Å²) in [6.45, 7) is -3.25. The van der Waals surface area contributed by atoms with Crippen molar-refractivity contribution in [2.45, 2.75) is 6.61 Å². The molecule has 0 saturated carbocycles. The minimum Gasteiger partial charge on any atom is -0.485 e. The second-order valence-electron chi connectivity index (χ2n) is 5.69. The Morgan fingerprint density at radius 1 is 1.21 bits per heavy atom. The van der Waals surface area contributed by atoms with Gasteiger partial charge in [0.1, 0.15) is 18.8 Å². The third-order valence-electron chi connectivity index (χ3n) is 3.80. The van der Waals surface area contributed by atoms with Gasteiger partial charge in [-0.3, -0.25) is 0 Å². The van der Waals surface area contributed by atoms with Gasteiger partial charge in [-0.2, -0.15) is 14.3 Å². The van der Waals surface area contributed by atoms with Gasteiger partial charge in [-0.05, 0) is 12.1 Å². The number of alkyl halides is 2. The van der Waals surface area contributed by atoms with E-state index in [1.807, 2.05) is 0 Å². The van der Waals surface area contributed by atoms with Crippen molar-refractivity contribution in [3.05, 3.63) is 47.5 Å². The van der Waals surface area contributed by atoms with Crippen LogP contribution in [0.4, 0.5) is 30.4 Å². The highest BCUT2D eigenvalue weighted by Gasteiger charge is 2.16. The minimum atomic E-state index is -2.87. The van der Waals surface area contributed by atoms with E-state index in [0.717, 1.165) is 0 Å². The molecule has 0 unspecified atom stereocenters. The number of benzene rings is 2. The average Bonchev–Trinajstić information content (AvgIpc) is 2.69. The third-order valence-corrected chi connectivity index (χ3v) is 4.09. The third kappa shape index (κ3) is 5.24. The van der Waals surface area contributed by atoms with Crippen LogP contribution in [0.5, 0.6) is 5.75 Å². The first kappa shape index (κ1) is 21.1. The number of nitrogens with zero attached hydrogens (tertiary/aromatic N) is 2. The van der Waals surface area contributed by atoms with Crippen LogP contribution in [-0.2, 0) is 9.57 Å². The van der Waals surface area contributed by atoms with E-state index in [9.17, 15) is 13.2 Å². The number of halogens is 4. The zero-order chi connectivity index (χ0) is 20.8. The van der Waals surface area contributed by atoms with Crippen LogP contribution in [0, 0.1) is 5.82 Å². The van der Waals surface area contributed by atoms with E-state index in [1.165, 1.54) is 31.0 Å². The fourth-order valence-electron chi connectivity index (χ4n) is 2.56. The topological polar surface area (TPSA) is 82.1 Å². The molecular formula is C18H17ClF3N4O3+. The Kier molecular flexibility index (Phi) is 7.04. The van der Waals surface area contributed by atoms with Gasteiger partial charge in [-0.1, -0.05) is 17.7 Å². The van der Waals surface area contributed by atoms with E-state index in [-0.39, 0.29) is 23.9 Å². The summed E-state index contributed by atoms with van der Waals surface area (Å²) in [5, 5.41) is 3.44. The predicted molar refractivity (Wildman–Crippen MR) is 100 cm³/mol. The summed E-state index contributed by atoms with van der Waals surface area (Å²) in [6, 6.07) is 7.84. The number of rotatable bonds is 9. The highest BCUT2D eigenvalue weighted by molar-refractivity contribution is 6.31. The Morgan fingerprint density at radius 3 is 2.79 bits per heavy atom. The molecule has 0 aliphatic heterocycles. The smallest absolute Gasteiger partial charge is 0.345 e. The van der Waals surface area contributed by atoms with E-state index >= 15 is 0 Å². The highest BCUT2D eigenvalue weighted by Crippen LogP contribution is 2.32. The van der Waals surface area contributed by atoms with Crippen molar-refractivity contribution in [2.75, 3.05) is 25.6 Å². The molecule has 3 aromatic rings. The molecule has 3 N–H and O–H groups in total. The molecule has 1 aromatic heterocycles. The molecule has 0 aliphatic rings. The van der Waals surface area contributed by atoms with Crippen LogP contribution in [0.3, 0.4) is 0 Å². The van der Waals surface area contributed by atoms with Crippen molar-refractivity contribution < 1.29 is 33.0 Å². The van der Waals surface area contributed by atoms with Gasteiger partial charge in [0.25, 0.3) is 0 Å². The van der Waals surface area contributed by atoms with Crippen molar-refractivity contribution in [3.8, 4) is 5.75 Å². The number of aromatic nitrogens is 2. The highest BCUT2D eigenvalue weighted by atomic mass is 35.5. The van der Waals surface area contributed by atoms with Crippen molar-refractivity contribution in [1.82, 2.24) is 9.97 Å². The summed E-state index contributed by atoms with van der Waals surface area (Å²) >= 11 is 5.82. The van der Waals surface area contributed by atoms with Crippen LogP contribution >= 0.6 is 11.6 Å². The zero-order valence-corrected chi connectivity index (χ0v) is 15.9. The van der Waals surface area contributed by atoms with Crippen LogP contribution in [0.25, 0.3) is 10.9 Å². The van der Waals surface area contributed by atoms with Gasteiger partial charge in [0, 0.05) is 17.5 Å². The Balaban J connectivity index is 1.92. The predicted octanol–water partition coefficient (Wildman–Crippen LogP) is 3.54. The lowest BCUT2D eigenvalue weighted by molar-refractivity contribution is -0.830. The first-order valence-electron chi connectivity index (χ1n) is 8.38. The Hall–Kier alpha value is -2.66. The summed E-state index contributed by atoms with van der Waals surface area (Å²) in [5.41, 5.74) is 2.57. The largest absolute Gasteiger partial charge is 0.485 e. The van der Waals surface area contributed by atoms with E-state index in [4.69, 9.17) is 21.2 Å². The van der Waals surface area contributed by atoms with E-state index < -0.39 is 12.4 Å². The molecule has 0 aliphatic carbocycles. The molecule has 3 rings (SSSR count). The van der Waals surface area contributed by atoms with Gasteiger partial charge < -0.3 is 14.8 Å². The zero-order valence-electron chi connectivity index (χ0n) is 15.2. The lowest BCUT2D eigenvalue weighted by Gasteiger charge is -2.13. The van der Waals surface area contributed by atoms with Gasteiger partial charge in [0.15, 0.2) is 11.6 Å². The quantitative estimate of drug-likeness (QED) is 0.307. The molecule has 0 radical (unpaired) electrons. The maximum atomic E-state index is 14.2. The number of nitrogens with one attached hydrogen (secondary N) is 1. The maximum absolute atomic E-state index is 14.2. The van der Waals surface area contributed by atoms with E-state index in [0.29, 0.717) is 28.2 Å². The molecule has 154 valence electrons. The average molecular weight is 430 g/mol. The number of ether oxygens (including phenoxy) is 2. The Morgan fingerprint density at radius 2 is 2.03 bits per heavy atom. The lowest BCUT2D eigenvalue weighted by atomic mass is 10.2. The van der Waals surface area contributed by atoms with Gasteiger partial charge in [-0.25, -0.2) is 19.2 Å². The van der Waals surface area contributed by atoms with Crippen molar-refractivity contribution in [2.24, 2.45) is 0 Å². The SMILES string of the molecule is CO[NH2+]c1cc2c(Nc3cccc(Cl)c3F)ncnc2cc1OCCOC(F)F. The Bertz CT molecular complexity index is 994. The molecule has 11 heteroatoms. The maximum Gasteiger partial charge on any atom is 0.345 e.